The minimum atomic E-state index is -0.316. The van der Waals surface area contributed by atoms with Crippen molar-refractivity contribution in [3.63, 3.8) is 0 Å². The van der Waals surface area contributed by atoms with E-state index in [9.17, 15) is 4.39 Å². The minimum absolute atomic E-state index is 0.316. The van der Waals surface area contributed by atoms with Crippen LogP contribution in [0.1, 0.15) is 5.56 Å². The molecule has 0 atom stereocenters. The van der Waals surface area contributed by atoms with Crippen LogP contribution in [0, 0.1) is 5.82 Å². The van der Waals surface area contributed by atoms with Crippen molar-refractivity contribution >= 4 is 28.1 Å². The Balaban J connectivity index is 1.87. The van der Waals surface area contributed by atoms with Gasteiger partial charge in [-0.2, -0.15) is 0 Å². The third-order valence-electron chi connectivity index (χ3n) is 3.27. The Hall–Kier alpha value is -2.06. The van der Waals surface area contributed by atoms with Gasteiger partial charge in [0.2, 0.25) is 0 Å². The molecule has 0 aliphatic heterocycles. The van der Waals surface area contributed by atoms with Crippen molar-refractivity contribution in [2.75, 3.05) is 5.32 Å². The topological polar surface area (TPSA) is 12.0 Å². The molecule has 0 heterocycles. The zero-order valence-electron chi connectivity index (χ0n) is 10.7. The van der Waals surface area contributed by atoms with Crippen molar-refractivity contribution in [2.45, 2.75) is 6.54 Å². The summed E-state index contributed by atoms with van der Waals surface area (Å²) in [5, 5.41) is 6.14. The number of hydrogen-bond acceptors (Lipinski definition) is 1. The van der Waals surface area contributed by atoms with Gasteiger partial charge in [0.1, 0.15) is 5.82 Å². The summed E-state index contributed by atoms with van der Waals surface area (Å²) in [7, 11) is 0. The Morgan fingerprint density at radius 1 is 0.950 bits per heavy atom. The first-order chi connectivity index (χ1) is 9.74. The number of nitrogens with one attached hydrogen (secondary N) is 1. The lowest BCUT2D eigenvalue weighted by Crippen LogP contribution is -2.00. The second-order valence-corrected chi connectivity index (χ2v) is 5.02. The standard InChI is InChI=1S/C17H13ClFN/c18-16-10-14(19)9-8-13(16)11-20-17-7-3-5-12-4-1-2-6-15(12)17/h1-10,20H,11H2. The second-order valence-electron chi connectivity index (χ2n) is 4.62. The largest absolute Gasteiger partial charge is 0.380 e. The van der Waals surface area contributed by atoms with E-state index >= 15 is 0 Å². The maximum atomic E-state index is 13.0. The normalized spacial score (nSPS) is 10.7. The molecular formula is C17H13ClFN. The van der Waals surface area contributed by atoms with Crippen LogP contribution in [-0.4, -0.2) is 0 Å². The Morgan fingerprint density at radius 3 is 2.60 bits per heavy atom. The van der Waals surface area contributed by atoms with Crippen molar-refractivity contribution in [3.8, 4) is 0 Å². The molecule has 0 aliphatic rings. The Bertz CT molecular complexity index is 750. The third-order valence-corrected chi connectivity index (χ3v) is 3.63. The predicted octanol–water partition coefficient (Wildman–Crippen LogP) is 5.24. The van der Waals surface area contributed by atoms with Crippen LogP contribution in [0.25, 0.3) is 10.8 Å². The Labute approximate surface area is 122 Å². The van der Waals surface area contributed by atoms with Gasteiger partial charge in [0, 0.05) is 22.6 Å². The van der Waals surface area contributed by atoms with Crippen LogP contribution in [0.2, 0.25) is 5.02 Å². The summed E-state index contributed by atoms with van der Waals surface area (Å²) in [5.41, 5.74) is 1.92. The summed E-state index contributed by atoms with van der Waals surface area (Å²) < 4.78 is 13.0. The van der Waals surface area contributed by atoms with Gasteiger partial charge in [0.25, 0.3) is 0 Å². The first kappa shape index (κ1) is 12.9. The van der Waals surface area contributed by atoms with Gasteiger partial charge in [-0.25, -0.2) is 4.39 Å². The summed E-state index contributed by atoms with van der Waals surface area (Å²) in [5.74, 6) is -0.316. The number of halogens is 2. The zero-order valence-corrected chi connectivity index (χ0v) is 11.5. The lowest BCUT2D eigenvalue weighted by molar-refractivity contribution is 0.627. The molecule has 3 rings (SSSR count). The Kier molecular flexibility index (Phi) is 3.57. The zero-order chi connectivity index (χ0) is 13.9. The van der Waals surface area contributed by atoms with Crippen LogP contribution in [0.15, 0.2) is 60.7 Å². The number of fused-ring (bicyclic) bond motifs is 1. The molecule has 0 aromatic heterocycles. The van der Waals surface area contributed by atoms with Crippen molar-refractivity contribution < 1.29 is 4.39 Å². The predicted molar refractivity (Wildman–Crippen MR) is 82.7 cm³/mol. The van der Waals surface area contributed by atoms with Gasteiger partial charge in [-0.15, -0.1) is 0 Å². The van der Waals surface area contributed by atoms with E-state index in [-0.39, 0.29) is 5.82 Å². The monoisotopic (exact) mass is 285 g/mol. The summed E-state index contributed by atoms with van der Waals surface area (Å²) in [4.78, 5) is 0. The van der Waals surface area contributed by atoms with Crippen LogP contribution in [0.5, 0.6) is 0 Å². The van der Waals surface area contributed by atoms with E-state index in [1.807, 2.05) is 24.3 Å². The van der Waals surface area contributed by atoms with Gasteiger partial charge in [-0.3, -0.25) is 0 Å². The fourth-order valence-corrected chi connectivity index (χ4v) is 2.47. The summed E-state index contributed by atoms with van der Waals surface area (Å²) >= 11 is 6.03. The second kappa shape index (κ2) is 5.51. The fourth-order valence-electron chi connectivity index (χ4n) is 2.24. The highest BCUT2D eigenvalue weighted by Crippen LogP contribution is 2.24. The number of rotatable bonds is 3. The summed E-state index contributed by atoms with van der Waals surface area (Å²) in [6.07, 6.45) is 0. The molecule has 0 bridgehead atoms. The smallest absolute Gasteiger partial charge is 0.124 e. The van der Waals surface area contributed by atoms with Crippen molar-refractivity contribution in [2.24, 2.45) is 0 Å². The number of anilines is 1. The van der Waals surface area contributed by atoms with Crippen LogP contribution in [0.3, 0.4) is 0 Å². The molecular weight excluding hydrogens is 273 g/mol. The van der Waals surface area contributed by atoms with E-state index in [1.165, 1.54) is 17.5 Å². The molecule has 0 unspecified atom stereocenters. The number of hydrogen-bond donors (Lipinski definition) is 1. The van der Waals surface area contributed by atoms with Gasteiger partial charge in [0.05, 0.1) is 0 Å². The van der Waals surface area contributed by atoms with Gasteiger partial charge in [-0.05, 0) is 29.1 Å². The van der Waals surface area contributed by atoms with E-state index in [2.05, 4.69) is 23.5 Å². The first-order valence-electron chi connectivity index (χ1n) is 6.39. The SMILES string of the molecule is Fc1ccc(CNc2cccc3ccccc23)c(Cl)c1. The van der Waals surface area contributed by atoms with Crippen molar-refractivity contribution in [3.05, 3.63) is 77.1 Å². The van der Waals surface area contributed by atoms with Gasteiger partial charge in [0.15, 0.2) is 0 Å². The molecule has 1 N–H and O–H groups in total. The molecule has 0 aliphatic carbocycles. The quantitative estimate of drug-likeness (QED) is 0.693. The highest BCUT2D eigenvalue weighted by Gasteiger charge is 2.03. The van der Waals surface area contributed by atoms with Gasteiger partial charge in [-0.1, -0.05) is 54.1 Å². The van der Waals surface area contributed by atoms with Crippen LogP contribution in [-0.2, 0) is 6.54 Å². The van der Waals surface area contributed by atoms with Gasteiger partial charge < -0.3 is 5.32 Å². The Morgan fingerprint density at radius 2 is 1.75 bits per heavy atom. The molecule has 0 radical (unpaired) electrons. The summed E-state index contributed by atoms with van der Waals surface area (Å²) in [6.45, 7) is 0.563. The molecule has 20 heavy (non-hydrogen) atoms. The molecule has 0 spiro atoms. The first-order valence-corrected chi connectivity index (χ1v) is 6.77. The van der Waals surface area contributed by atoms with Crippen molar-refractivity contribution in [1.82, 2.24) is 0 Å². The van der Waals surface area contributed by atoms with E-state index in [1.54, 1.807) is 6.07 Å². The van der Waals surface area contributed by atoms with E-state index in [0.29, 0.717) is 11.6 Å². The fraction of sp³-hybridized carbons (Fsp3) is 0.0588. The lowest BCUT2D eigenvalue weighted by atomic mass is 10.1. The molecule has 100 valence electrons. The molecule has 3 heteroatoms. The van der Waals surface area contributed by atoms with Crippen LogP contribution in [0.4, 0.5) is 10.1 Å². The average Bonchev–Trinajstić information content (AvgIpc) is 2.46. The summed E-state index contributed by atoms with van der Waals surface area (Å²) in [6, 6.07) is 18.8. The molecule has 0 saturated carbocycles. The lowest BCUT2D eigenvalue weighted by Gasteiger charge is -2.11. The van der Waals surface area contributed by atoms with Gasteiger partial charge >= 0.3 is 0 Å². The maximum absolute atomic E-state index is 13.0. The third kappa shape index (κ3) is 2.61. The van der Waals surface area contributed by atoms with Crippen molar-refractivity contribution in [1.29, 1.82) is 0 Å². The molecule has 3 aromatic carbocycles. The molecule has 1 nitrogen and oxygen atoms in total. The molecule has 0 amide bonds. The average molecular weight is 286 g/mol. The van der Waals surface area contributed by atoms with E-state index in [0.717, 1.165) is 16.6 Å². The van der Waals surface area contributed by atoms with Crippen LogP contribution < -0.4 is 5.32 Å². The maximum Gasteiger partial charge on any atom is 0.124 e. The molecule has 0 fully saturated rings. The highest BCUT2D eigenvalue weighted by atomic mass is 35.5. The minimum Gasteiger partial charge on any atom is -0.380 e. The van der Waals surface area contributed by atoms with E-state index < -0.39 is 0 Å². The molecule has 3 aromatic rings. The molecule has 0 saturated heterocycles. The van der Waals surface area contributed by atoms with E-state index in [4.69, 9.17) is 11.6 Å². The van der Waals surface area contributed by atoms with Crippen LogP contribution >= 0.6 is 11.6 Å². The highest BCUT2D eigenvalue weighted by molar-refractivity contribution is 6.31. The number of benzene rings is 3.